The lowest BCUT2D eigenvalue weighted by molar-refractivity contribution is -0.130. The van der Waals surface area contributed by atoms with E-state index in [4.69, 9.17) is 16.3 Å². The van der Waals surface area contributed by atoms with E-state index in [2.05, 4.69) is 15.1 Å². The Morgan fingerprint density at radius 2 is 1.85 bits per heavy atom. The summed E-state index contributed by atoms with van der Waals surface area (Å²) in [4.78, 5) is 16.7. The van der Waals surface area contributed by atoms with Crippen molar-refractivity contribution in [1.29, 1.82) is 0 Å². The zero-order valence-corrected chi connectivity index (χ0v) is 20.1. The summed E-state index contributed by atoms with van der Waals surface area (Å²) in [6.07, 6.45) is 0. The Labute approximate surface area is 201 Å². The summed E-state index contributed by atoms with van der Waals surface area (Å²) in [7, 11) is 3.51. The number of halogens is 2. The van der Waals surface area contributed by atoms with Crippen LogP contribution in [0.5, 0.6) is 5.75 Å². The topological polar surface area (TPSA) is 63.5 Å². The van der Waals surface area contributed by atoms with E-state index in [0.717, 1.165) is 17.1 Å². The van der Waals surface area contributed by atoms with Gasteiger partial charge < -0.3 is 14.2 Å². The number of ether oxygens (including phenoxy) is 1. The van der Waals surface area contributed by atoms with E-state index < -0.39 is 0 Å². The zero-order valence-electron chi connectivity index (χ0n) is 18.5. The van der Waals surface area contributed by atoms with Crippen molar-refractivity contribution in [2.24, 2.45) is 7.05 Å². The minimum Gasteiger partial charge on any atom is -0.497 e. The van der Waals surface area contributed by atoms with Gasteiger partial charge in [-0.05, 0) is 36.4 Å². The Morgan fingerprint density at radius 3 is 2.52 bits per heavy atom. The molecular weight excluding hydrogens is 465 g/mol. The monoisotopic (exact) mass is 489 g/mol. The van der Waals surface area contributed by atoms with E-state index in [1.165, 1.54) is 17.8 Å². The number of methoxy groups -OCH3 is 1. The van der Waals surface area contributed by atoms with E-state index in [9.17, 15) is 9.18 Å². The molecule has 1 saturated heterocycles. The molecule has 10 heteroatoms. The summed E-state index contributed by atoms with van der Waals surface area (Å²) in [5.41, 5.74) is 1.43. The summed E-state index contributed by atoms with van der Waals surface area (Å²) in [5.74, 6) is 1.55. The van der Waals surface area contributed by atoms with Gasteiger partial charge in [0.15, 0.2) is 11.0 Å². The van der Waals surface area contributed by atoms with Crippen molar-refractivity contribution in [1.82, 2.24) is 24.6 Å². The minimum atomic E-state index is -0.296. The number of hydrogen-bond acceptors (Lipinski definition) is 6. The van der Waals surface area contributed by atoms with Gasteiger partial charge >= 0.3 is 0 Å². The Morgan fingerprint density at radius 1 is 1.12 bits per heavy atom. The van der Waals surface area contributed by atoms with Gasteiger partial charge in [0.05, 0.1) is 12.9 Å². The maximum absolute atomic E-state index is 14.1. The molecule has 3 aromatic rings. The molecular formula is C23H25ClFN5O2S. The van der Waals surface area contributed by atoms with Crippen molar-refractivity contribution in [2.75, 3.05) is 39.0 Å². The third-order valence-corrected chi connectivity index (χ3v) is 7.04. The maximum atomic E-state index is 14.1. The van der Waals surface area contributed by atoms with Crippen LogP contribution in [-0.4, -0.2) is 69.5 Å². The van der Waals surface area contributed by atoms with E-state index in [0.29, 0.717) is 48.5 Å². The van der Waals surface area contributed by atoms with E-state index in [-0.39, 0.29) is 17.5 Å². The lowest BCUT2D eigenvalue weighted by atomic mass is 10.2. The summed E-state index contributed by atoms with van der Waals surface area (Å²) < 4.78 is 21.1. The molecule has 0 aliphatic carbocycles. The molecule has 0 unspecified atom stereocenters. The molecule has 174 valence electrons. The largest absolute Gasteiger partial charge is 0.497 e. The number of thioether (sulfide) groups is 1. The first-order valence-electron chi connectivity index (χ1n) is 10.6. The van der Waals surface area contributed by atoms with Crippen LogP contribution in [0.4, 0.5) is 4.39 Å². The maximum Gasteiger partial charge on any atom is 0.233 e. The Bertz CT molecular complexity index is 1100. The van der Waals surface area contributed by atoms with Gasteiger partial charge in [-0.15, -0.1) is 10.2 Å². The lowest BCUT2D eigenvalue weighted by Gasteiger charge is -2.34. The zero-order chi connectivity index (χ0) is 23.4. The summed E-state index contributed by atoms with van der Waals surface area (Å²) in [6, 6.07) is 12.3. The SMILES string of the molecule is COc1ccc(-c2nnc(SCC(=O)N3CCN(Cc4c(F)cccc4Cl)CC3)n2C)cc1. The number of piperazine rings is 1. The first-order valence-corrected chi connectivity index (χ1v) is 11.9. The molecule has 0 saturated carbocycles. The highest BCUT2D eigenvalue weighted by atomic mass is 35.5. The molecule has 1 aromatic heterocycles. The van der Waals surface area contributed by atoms with E-state index in [1.807, 2.05) is 40.8 Å². The van der Waals surface area contributed by atoms with Crippen molar-refractivity contribution in [3.05, 3.63) is 58.9 Å². The average Bonchev–Trinajstić information content (AvgIpc) is 3.20. The molecule has 1 fully saturated rings. The molecule has 4 rings (SSSR count). The molecule has 0 spiro atoms. The summed E-state index contributed by atoms with van der Waals surface area (Å²) >= 11 is 7.51. The van der Waals surface area contributed by atoms with Crippen molar-refractivity contribution >= 4 is 29.3 Å². The second kappa shape index (κ2) is 10.5. The minimum absolute atomic E-state index is 0.0533. The van der Waals surface area contributed by atoms with Crippen molar-refractivity contribution in [3.8, 4) is 17.1 Å². The number of carbonyl (C=O) groups excluding carboxylic acids is 1. The van der Waals surface area contributed by atoms with Crippen LogP contribution in [0.1, 0.15) is 5.56 Å². The van der Waals surface area contributed by atoms with Gasteiger partial charge in [0.2, 0.25) is 5.91 Å². The molecule has 1 amide bonds. The van der Waals surface area contributed by atoms with Gasteiger partial charge in [0.1, 0.15) is 11.6 Å². The number of benzene rings is 2. The number of nitrogens with zero attached hydrogens (tertiary/aromatic N) is 5. The lowest BCUT2D eigenvalue weighted by Crippen LogP contribution is -2.48. The fourth-order valence-corrected chi connectivity index (χ4v) is 4.75. The highest BCUT2D eigenvalue weighted by molar-refractivity contribution is 7.99. The number of carbonyl (C=O) groups is 1. The predicted octanol–water partition coefficient (Wildman–Crippen LogP) is 3.72. The van der Waals surface area contributed by atoms with Crippen LogP contribution in [-0.2, 0) is 18.4 Å². The van der Waals surface area contributed by atoms with Crippen molar-refractivity contribution < 1.29 is 13.9 Å². The van der Waals surface area contributed by atoms with Gasteiger partial charge in [-0.3, -0.25) is 9.69 Å². The fourth-order valence-electron chi connectivity index (χ4n) is 3.71. The van der Waals surface area contributed by atoms with Crippen LogP contribution in [0.3, 0.4) is 0 Å². The van der Waals surface area contributed by atoms with Crippen LogP contribution in [0.15, 0.2) is 47.6 Å². The highest BCUT2D eigenvalue weighted by Gasteiger charge is 2.23. The fraction of sp³-hybridized carbons (Fsp3) is 0.348. The smallest absolute Gasteiger partial charge is 0.233 e. The third-order valence-electron chi connectivity index (χ3n) is 5.68. The number of hydrogen-bond donors (Lipinski definition) is 0. The molecule has 0 N–H and O–H groups in total. The van der Waals surface area contributed by atoms with Crippen LogP contribution in [0, 0.1) is 5.82 Å². The highest BCUT2D eigenvalue weighted by Crippen LogP contribution is 2.25. The molecule has 2 heterocycles. The molecule has 7 nitrogen and oxygen atoms in total. The average molecular weight is 490 g/mol. The van der Waals surface area contributed by atoms with Crippen LogP contribution < -0.4 is 4.74 Å². The molecule has 0 radical (unpaired) electrons. The van der Waals surface area contributed by atoms with Gasteiger partial charge in [-0.2, -0.15) is 0 Å². The molecule has 1 aliphatic heterocycles. The number of amides is 1. The second-order valence-corrected chi connectivity index (χ2v) is 9.09. The van der Waals surface area contributed by atoms with Gasteiger partial charge in [0.25, 0.3) is 0 Å². The molecule has 1 aliphatic rings. The molecule has 33 heavy (non-hydrogen) atoms. The van der Waals surface area contributed by atoms with Crippen LogP contribution >= 0.6 is 23.4 Å². The summed E-state index contributed by atoms with van der Waals surface area (Å²) in [6.45, 7) is 2.98. The van der Waals surface area contributed by atoms with E-state index in [1.54, 1.807) is 19.2 Å². The first kappa shape index (κ1) is 23.5. The van der Waals surface area contributed by atoms with Crippen molar-refractivity contribution in [3.63, 3.8) is 0 Å². The van der Waals surface area contributed by atoms with Crippen molar-refractivity contribution in [2.45, 2.75) is 11.7 Å². The molecule has 0 atom stereocenters. The molecule has 0 bridgehead atoms. The number of rotatable bonds is 7. The third kappa shape index (κ3) is 5.48. The Kier molecular flexibility index (Phi) is 7.52. The van der Waals surface area contributed by atoms with Gasteiger partial charge in [-0.25, -0.2) is 4.39 Å². The Balaban J connectivity index is 1.29. The summed E-state index contributed by atoms with van der Waals surface area (Å²) in [5, 5.41) is 9.63. The first-order chi connectivity index (χ1) is 16.0. The standard InChI is InChI=1S/C23H25ClFN5O2S/c1-28-22(16-6-8-17(32-2)9-7-16)26-27-23(28)33-15-21(31)30-12-10-29(11-13-30)14-18-19(24)4-3-5-20(18)25/h3-9H,10-15H2,1-2H3. The van der Waals surface area contributed by atoms with Gasteiger partial charge in [0, 0.05) is 55.9 Å². The Hall–Kier alpha value is -2.62. The second-order valence-electron chi connectivity index (χ2n) is 7.74. The molecule has 2 aromatic carbocycles. The number of aromatic nitrogens is 3. The predicted molar refractivity (Wildman–Crippen MR) is 127 cm³/mol. The van der Waals surface area contributed by atoms with Crippen LogP contribution in [0.25, 0.3) is 11.4 Å². The van der Waals surface area contributed by atoms with Crippen LogP contribution in [0.2, 0.25) is 5.02 Å². The normalized spacial score (nSPS) is 14.5. The van der Waals surface area contributed by atoms with E-state index >= 15 is 0 Å². The van der Waals surface area contributed by atoms with Gasteiger partial charge in [-0.1, -0.05) is 29.4 Å². The quantitative estimate of drug-likeness (QED) is 0.471.